The summed E-state index contributed by atoms with van der Waals surface area (Å²) in [5.41, 5.74) is 0. The van der Waals surface area contributed by atoms with Crippen molar-refractivity contribution in [2.45, 2.75) is 379 Å². The number of unbranched alkanes of at least 4 members (excludes halogenated alkanes) is 50. The van der Waals surface area contributed by atoms with Crippen molar-refractivity contribution in [1.29, 1.82) is 0 Å². The van der Waals surface area contributed by atoms with Gasteiger partial charge in [0.2, 0.25) is 5.91 Å². The van der Waals surface area contributed by atoms with Gasteiger partial charge in [0, 0.05) is 12.8 Å². The first-order valence-corrected chi connectivity index (χ1v) is 32.5. The number of amides is 1. The van der Waals surface area contributed by atoms with Crippen LogP contribution in [0, 0.1) is 0 Å². The molecule has 6 heteroatoms. The van der Waals surface area contributed by atoms with E-state index < -0.39 is 12.1 Å². The number of carbonyl (C=O) groups excluding carboxylic acids is 2. The first kappa shape index (κ1) is 69.6. The molecule has 422 valence electrons. The van der Waals surface area contributed by atoms with Crippen molar-refractivity contribution < 1.29 is 24.5 Å². The molecule has 71 heavy (non-hydrogen) atoms. The van der Waals surface area contributed by atoms with Crippen molar-refractivity contribution >= 4 is 11.9 Å². The van der Waals surface area contributed by atoms with Crippen molar-refractivity contribution in [3.05, 3.63) is 12.2 Å². The SMILES string of the molecule is CCCCCCCCCCC/C=C/C(O)C(CO)NC(=O)CCCCCCCCCCCCCCCCCCCCCCCCCCCCCCCCOC(=O)CCCCCCCCCCCCCCC. The minimum absolute atomic E-state index is 0.0218. The fraction of sp³-hybridized carbons (Fsp3) is 0.938. The lowest BCUT2D eigenvalue weighted by molar-refractivity contribution is -0.143. The van der Waals surface area contributed by atoms with Gasteiger partial charge >= 0.3 is 5.97 Å². The number of aliphatic hydroxyl groups excluding tert-OH is 2. The highest BCUT2D eigenvalue weighted by molar-refractivity contribution is 5.76. The van der Waals surface area contributed by atoms with E-state index in [0.717, 1.165) is 38.5 Å². The molecule has 0 spiro atoms. The Balaban J connectivity index is 3.31. The number of carbonyl (C=O) groups is 2. The number of hydrogen-bond acceptors (Lipinski definition) is 5. The summed E-state index contributed by atoms with van der Waals surface area (Å²) < 4.78 is 5.49. The molecule has 0 aromatic rings. The molecule has 2 atom stereocenters. The van der Waals surface area contributed by atoms with E-state index >= 15 is 0 Å². The first-order valence-electron chi connectivity index (χ1n) is 32.5. The second-order valence-corrected chi connectivity index (χ2v) is 22.5. The van der Waals surface area contributed by atoms with Gasteiger partial charge in [0.05, 0.1) is 25.4 Å². The smallest absolute Gasteiger partial charge is 0.305 e. The number of hydrogen-bond donors (Lipinski definition) is 3. The van der Waals surface area contributed by atoms with Crippen LogP contribution in [0.5, 0.6) is 0 Å². The van der Waals surface area contributed by atoms with Crippen molar-refractivity contribution in [1.82, 2.24) is 5.32 Å². The Morgan fingerprint density at radius 3 is 0.958 bits per heavy atom. The molecule has 0 fully saturated rings. The van der Waals surface area contributed by atoms with E-state index in [1.807, 2.05) is 6.08 Å². The maximum atomic E-state index is 12.4. The molecule has 6 nitrogen and oxygen atoms in total. The van der Waals surface area contributed by atoms with Crippen LogP contribution in [0.3, 0.4) is 0 Å². The van der Waals surface area contributed by atoms with Crippen molar-refractivity contribution in [2.75, 3.05) is 13.2 Å². The predicted molar refractivity (Wildman–Crippen MR) is 310 cm³/mol. The summed E-state index contributed by atoms with van der Waals surface area (Å²) in [5.74, 6) is -0.0418. The quantitative estimate of drug-likeness (QED) is 0.0320. The molecule has 0 aliphatic rings. The topological polar surface area (TPSA) is 95.9 Å². The molecule has 0 aromatic heterocycles. The molecular weight excluding hydrogens is 875 g/mol. The number of ether oxygens (including phenoxy) is 1. The summed E-state index contributed by atoms with van der Waals surface area (Å²) in [6.07, 6.45) is 74.3. The highest BCUT2D eigenvalue weighted by atomic mass is 16.5. The van der Waals surface area contributed by atoms with E-state index in [0.29, 0.717) is 19.4 Å². The molecule has 0 aliphatic heterocycles. The van der Waals surface area contributed by atoms with Gasteiger partial charge in [0.1, 0.15) is 0 Å². The third-order valence-electron chi connectivity index (χ3n) is 15.3. The van der Waals surface area contributed by atoms with Crippen LogP contribution in [0.15, 0.2) is 12.2 Å². The normalized spacial score (nSPS) is 12.6. The Morgan fingerprint density at radius 1 is 0.380 bits per heavy atom. The summed E-state index contributed by atoms with van der Waals surface area (Å²) in [6, 6.07) is -0.622. The van der Waals surface area contributed by atoms with Crippen molar-refractivity contribution in [3.63, 3.8) is 0 Å². The van der Waals surface area contributed by atoms with Gasteiger partial charge in [0.25, 0.3) is 0 Å². The van der Waals surface area contributed by atoms with Crippen LogP contribution in [-0.2, 0) is 14.3 Å². The summed E-state index contributed by atoms with van der Waals surface area (Å²) in [4.78, 5) is 24.5. The molecule has 0 bridgehead atoms. The van der Waals surface area contributed by atoms with Crippen LogP contribution < -0.4 is 5.32 Å². The van der Waals surface area contributed by atoms with E-state index in [2.05, 4.69) is 19.2 Å². The molecular formula is C65H127NO5. The van der Waals surface area contributed by atoms with E-state index in [-0.39, 0.29) is 18.5 Å². The number of rotatable bonds is 61. The average Bonchev–Trinajstić information content (AvgIpc) is 3.37. The Hall–Kier alpha value is -1.40. The van der Waals surface area contributed by atoms with Gasteiger partial charge in [-0.05, 0) is 32.1 Å². The number of nitrogens with one attached hydrogen (secondary N) is 1. The maximum Gasteiger partial charge on any atom is 0.305 e. The Bertz CT molecular complexity index is 1060. The van der Waals surface area contributed by atoms with Gasteiger partial charge in [-0.2, -0.15) is 0 Å². The molecule has 3 N–H and O–H groups in total. The van der Waals surface area contributed by atoms with Crippen LogP contribution in [0.25, 0.3) is 0 Å². The molecule has 0 saturated carbocycles. The molecule has 0 heterocycles. The minimum atomic E-state index is -0.839. The molecule has 2 unspecified atom stereocenters. The van der Waals surface area contributed by atoms with Gasteiger partial charge < -0.3 is 20.3 Å². The van der Waals surface area contributed by atoms with Crippen LogP contribution >= 0.6 is 0 Å². The highest BCUT2D eigenvalue weighted by Gasteiger charge is 2.18. The van der Waals surface area contributed by atoms with E-state index in [1.165, 1.54) is 302 Å². The first-order chi connectivity index (χ1) is 35.0. The average molecular weight is 1000 g/mol. The second kappa shape index (κ2) is 61.1. The van der Waals surface area contributed by atoms with Crippen LogP contribution in [0.1, 0.15) is 367 Å². The number of esters is 1. The lowest BCUT2D eigenvalue weighted by atomic mass is 10.0. The molecule has 0 rings (SSSR count). The second-order valence-electron chi connectivity index (χ2n) is 22.5. The zero-order chi connectivity index (χ0) is 51.4. The van der Waals surface area contributed by atoms with Crippen molar-refractivity contribution in [3.8, 4) is 0 Å². The Labute approximate surface area is 444 Å². The maximum absolute atomic E-state index is 12.4. The predicted octanol–water partition coefficient (Wildman–Crippen LogP) is 20.4. The van der Waals surface area contributed by atoms with Gasteiger partial charge in [-0.1, -0.05) is 334 Å². The fourth-order valence-electron chi connectivity index (χ4n) is 10.3. The third kappa shape index (κ3) is 57.7. The third-order valence-corrected chi connectivity index (χ3v) is 15.3. The van der Waals surface area contributed by atoms with Crippen LogP contribution in [0.4, 0.5) is 0 Å². The number of allylic oxidation sites excluding steroid dienone is 1. The van der Waals surface area contributed by atoms with E-state index in [1.54, 1.807) is 6.08 Å². The van der Waals surface area contributed by atoms with Gasteiger partial charge in [-0.25, -0.2) is 0 Å². The highest BCUT2D eigenvalue weighted by Crippen LogP contribution is 2.18. The largest absolute Gasteiger partial charge is 0.466 e. The summed E-state index contributed by atoms with van der Waals surface area (Å²) >= 11 is 0. The van der Waals surface area contributed by atoms with Gasteiger partial charge in [0.15, 0.2) is 0 Å². The zero-order valence-corrected chi connectivity index (χ0v) is 48.2. The molecule has 1 amide bonds. The molecule has 0 aromatic carbocycles. The molecule has 0 aliphatic carbocycles. The number of aliphatic hydroxyl groups is 2. The van der Waals surface area contributed by atoms with Crippen LogP contribution in [0.2, 0.25) is 0 Å². The van der Waals surface area contributed by atoms with Crippen LogP contribution in [-0.4, -0.2) is 47.4 Å². The monoisotopic (exact) mass is 1000 g/mol. The lowest BCUT2D eigenvalue weighted by Crippen LogP contribution is -2.45. The fourth-order valence-corrected chi connectivity index (χ4v) is 10.3. The van der Waals surface area contributed by atoms with Crippen molar-refractivity contribution in [2.24, 2.45) is 0 Å². The lowest BCUT2D eigenvalue weighted by Gasteiger charge is -2.20. The van der Waals surface area contributed by atoms with Gasteiger partial charge in [-0.3, -0.25) is 9.59 Å². The summed E-state index contributed by atoms with van der Waals surface area (Å²) in [7, 11) is 0. The zero-order valence-electron chi connectivity index (χ0n) is 48.2. The van der Waals surface area contributed by atoms with E-state index in [9.17, 15) is 19.8 Å². The Kier molecular flexibility index (Phi) is 59.9. The molecule has 0 radical (unpaired) electrons. The summed E-state index contributed by atoms with van der Waals surface area (Å²) in [5, 5.41) is 23.0. The standard InChI is InChI=1S/C65H127NO5/c1-3-5-7-9-11-13-15-34-39-43-47-51-55-59-65(70)71-60-56-52-48-44-40-36-33-31-29-27-25-23-21-19-17-16-18-20-22-24-26-28-30-32-35-38-42-46-50-54-58-64(69)66-62(61-67)63(68)57-53-49-45-41-37-14-12-10-8-6-4-2/h53,57,62-63,67-68H,3-52,54-56,58-61H2,1-2H3,(H,66,69)/b57-53+. The van der Waals surface area contributed by atoms with E-state index in [4.69, 9.17) is 4.74 Å². The molecule has 0 saturated heterocycles. The minimum Gasteiger partial charge on any atom is -0.466 e. The van der Waals surface area contributed by atoms with Gasteiger partial charge in [-0.15, -0.1) is 0 Å². The summed E-state index contributed by atoms with van der Waals surface area (Å²) in [6.45, 7) is 4.92. The Morgan fingerprint density at radius 2 is 0.648 bits per heavy atom.